The molecule has 0 aliphatic rings. The van der Waals surface area contributed by atoms with E-state index in [1.807, 2.05) is 18.2 Å². The van der Waals surface area contributed by atoms with Crippen molar-refractivity contribution in [3.05, 3.63) is 44.0 Å². The predicted molar refractivity (Wildman–Crippen MR) is 37.4 cm³/mol. The molecule has 8 heteroatoms. The van der Waals surface area contributed by atoms with Crippen molar-refractivity contribution in [2.45, 2.75) is 0 Å². The largest absolute Gasteiger partial charge is 2.00 e. The third kappa shape index (κ3) is 58.0. The molecule has 0 fully saturated rings. The molecule has 1 aromatic rings. The Morgan fingerprint density at radius 2 is 0.933 bits per heavy atom. The Kier molecular flexibility index (Phi) is 21.6. The van der Waals surface area contributed by atoms with Crippen molar-refractivity contribution in [3.8, 4) is 0 Å². The number of hydrogen-bond acceptors (Lipinski definition) is 1. The van der Waals surface area contributed by atoms with Crippen LogP contribution in [0.1, 0.15) is 0 Å². The summed E-state index contributed by atoms with van der Waals surface area (Å²) in [7, 11) is 0. The second-order valence-corrected chi connectivity index (χ2v) is 1.45. The number of aromatic nitrogens is 1. The van der Waals surface area contributed by atoms with Gasteiger partial charge in [0.1, 0.15) is 0 Å². The van der Waals surface area contributed by atoms with Gasteiger partial charge in [0.05, 0.1) is 0 Å². The Labute approximate surface area is 103 Å². The van der Waals surface area contributed by atoms with Crippen LogP contribution >= 0.6 is 0 Å². The molecule has 0 unspecified atom stereocenters. The second-order valence-electron chi connectivity index (χ2n) is 1.45. The van der Waals surface area contributed by atoms with Crippen LogP contribution < -0.4 is 0 Å². The molecule has 0 spiro atoms. The molecule has 0 atom stereocenters. The molecule has 1 aromatic heterocycles. The van der Waals surface area contributed by atoms with Gasteiger partial charge in [-0.3, -0.25) is 4.98 Å². The van der Waals surface area contributed by atoms with E-state index in [1.165, 1.54) is 0 Å². The fourth-order valence-electron chi connectivity index (χ4n) is 0.313. The maximum absolute atomic E-state index is 9.58. The Bertz CT molecular complexity index is 148. The van der Waals surface area contributed by atoms with E-state index >= 15 is 0 Å². The number of halogens is 6. The topological polar surface area (TPSA) is 12.9 Å². The van der Waals surface area contributed by atoms with Crippen LogP contribution in [0.4, 0.5) is 26.3 Å². The van der Waals surface area contributed by atoms with Crippen LogP contribution in [-0.2, 0) is 27.3 Å². The molecule has 0 bridgehead atoms. The van der Waals surface area contributed by atoms with Crippen molar-refractivity contribution >= 4 is 0 Å². The van der Waals surface area contributed by atoms with E-state index in [0.717, 1.165) is 0 Å². The molecule has 0 aromatic carbocycles. The zero-order chi connectivity index (χ0) is 11.4. The molecule has 1 heterocycles. The summed E-state index contributed by atoms with van der Waals surface area (Å²) in [6.07, 6.45) is 3.50. The molecule has 0 amide bonds. The first-order valence-electron chi connectivity index (χ1n) is 2.98. The maximum atomic E-state index is 9.58. The van der Waals surface area contributed by atoms with Crippen LogP contribution in [0.2, 0.25) is 0 Å². The number of nitrogens with zero attached hydrogens (tertiary/aromatic N) is 1. The van der Waals surface area contributed by atoms with Gasteiger partial charge in [0.15, 0.2) is 13.4 Å². The Morgan fingerprint density at radius 1 is 0.667 bits per heavy atom. The minimum absolute atomic E-state index is 0. The van der Waals surface area contributed by atoms with Crippen molar-refractivity contribution in [1.82, 2.24) is 4.98 Å². The van der Waals surface area contributed by atoms with E-state index in [0.29, 0.717) is 0 Å². The summed E-state index contributed by atoms with van der Waals surface area (Å²) in [6, 6.07) is 5.72. The molecule has 0 saturated carbocycles. The molecular formula is C7H5CdF6N. The van der Waals surface area contributed by atoms with Gasteiger partial charge in [0.25, 0.3) is 0 Å². The van der Waals surface area contributed by atoms with Gasteiger partial charge in [0, 0.05) is 12.4 Å². The van der Waals surface area contributed by atoms with Crippen molar-refractivity contribution in [1.29, 1.82) is 0 Å². The van der Waals surface area contributed by atoms with E-state index in [4.69, 9.17) is 0 Å². The third-order valence-corrected chi connectivity index (χ3v) is 0.566. The monoisotopic (exact) mass is 331 g/mol. The van der Waals surface area contributed by atoms with Gasteiger partial charge in [-0.05, 0) is 12.1 Å². The Balaban J connectivity index is -0.000000145. The molecule has 82 valence electrons. The summed E-state index contributed by atoms with van der Waals surface area (Å²) >= 11 is 0. The average Bonchev–Trinajstić information content (AvgIpc) is 2.05. The first-order chi connectivity index (χ1) is 6.46. The van der Waals surface area contributed by atoms with E-state index in [1.54, 1.807) is 12.4 Å². The van der Waals surface area contributed by atoms with Gasteiger partial charge >= 0.3 is 27.3 Å². The van der Waals surface area contributed by atoms with Gasteiger partial charge in [-0.2, -0.15) is 0 Å². The molecule has 1 rings (SSSR count). The Morgan fingerprint density at radius 3 is 1.00 bits per heavy atom. The molecule has 0 aliphatic carbocycles. The van der Waals surface area contributed by atoms with Crippen LogP contribution in [0.15, 0.2) is 30.6 Å². The number of rotatable bonds is 0. The maximum Gasteiger partial charge on any atom is 2.00 e. The van der Waals surface area contributed by atoms with E-state index in [2.05, 4.69) is 4.98 Å². The van der Waals surface area contributed by atoms with Crippen LogP contribution in [0.25, 0.3) is 0 Å². The molecule has 15 heavy (non-hydrogen) atoms. The predicted octanol–water partition coefficient (Wildman–Crippen LogP) is 3.76. The Hall–Kier alpha value is -0.348. The van der Waals surface area contributed by atoms with Gasteiger partial charge in [-0.1, -0.05) is 6.07 Å². The molecule has 0 aliphatic heterocycles. The number of hydrogen-bond donors (Lipinski definition) is 0. The molecule has 0 radical (unpaired) electrons. The van der Waals surface area contributed by atoms with Gasteiger partial charge in [-0.15, -0.1) is 0 Å². The van der Waals surface area contributed by atoms with Crippen molar-refractivity contribution in [2.75, 3.05) is 0 Å². The van der Waals surface area contributed by atoms with Gasteiger partial charge < -0.3 is 26.3 Å². The normalized spacial score (nSPS) is 8.00. The standard InChI is InChI=1S/C5H5N.2CF3.Cd/c1-2-4-6-5-3-1;2*2-1(3)4;/h1-5H;;;/q;2*-1;+2. The first-order valence-corrected chi connectivity index (χ1v) is 2.98. The van der Waals surface area contributed by atoms with Crippen LogP contribution in [0.5, 0.6) is 0 Å². The zero-order valence-electron chi connectivity index (χ0n) is 7.31. The SMILES string of the molecule is F[C-](F)F.F[C-](F)F.[Cd+2].c1ccncc1. The van der Waals surface area contributed by atoms with Crippen LogP contribution in [0.3, 0.4) is 0 Å². The summed E-state index contributed by atoms with van der Waals surface area (Å²) < 4.78 is 57.5. The minimum Gasteiger partial charge on any atom is -0.385 e. The smallest absolute Gasteiger partial charge is 0.385 e. The van der Waals surface area contributed by atoms with E-state index in [-0.39, 0.29) is 27.3 Å². The molecule has 1 nitrogen and oxygen atoms in total. The molecular weight excluding hydrogens is 324 g/mol. The molecule has 0 N–H and O–H groups in total. The minimum atomic E-state index is -3.08. The van der Waals surface area contributed by atoms with E-state index < -0.39 is 13.4 Å². The van der Waals surface area contributed by atoms with Crippen molar-refractivity contribution < 1.29 is 53.6 Å². The summed E-state index contributed by atoms with van der Waals surface area (Å²) in [5, 5.41) is 0. The fourth-order valence-corrected chi connectivity index (χ4v) is 0.313. The van der Waals surface area contributed by atoms with Crippen molar-refractivity contribution in [3.63, 3.8) is 0 Å². The second kappa shape index (κ2) is 16.1. The first kappa shape index (κ1) is 20.1. The van der Waals surface area contributed by atoms with Crippen LogP contribution in [-0.4, -0.2) is 4.98 Å². The summed E-state index contributed by atoms with van der Waals surface area (Å²) in [5.41, 5.74) is 0. The number of pyridine rings is 1. The van der Waals surface area contributed by atoms with E-state index in [9.17, 15) is 26.3 Å². The summed E-state index contributed by atoms with van der Waals surface area (Å²) in [6.45, 7) is -6.17. The summed E-state index contributed by atoms with van der Waals surface area (Å²) in [4.78, 5) is 3.78. The van der Waals surface area contributed by atoms with Crippen molar-refractivity contribution in [2.24, 2.45) is 0 Å². The van der Waals surface area contributed by atoms with Gasteiger partial charge in [0.2, 0.25) is 0 Å². The fraction of sp³-hybridized carbons (Fsp3) is 0. The third-order valence-electron chi connectivity index (χ3n) is 0.566. The van der Waals surface area contributed by atoms with Gasteiger partial charge in [-0.25, -0.2) is 0 Å². The summed E-state index contributed by atoms with van der Waals surface area (Å²) in [5.74, 6) is 0. The average molecular weight is 330 g/mol. The molecule has 0 saturated heterocycles. The quantitative estimate of drug-likeness (QED) is 0.401. The van der Waals surface area contributed by atoms with Crippen LogP contribution in [0, 0.1) is 13.4 Å². The zero-order valence-corrected chi connectivity index (χ0v) is 11.3.